The number of rotatable bonds is 2. The average molecular weight is 159 g/mol. The molecule has 1 heterocycles. The van der Waals surface area contributed by atoms with E-state index in [1.807, 2.05) is 4.90 Å². The van der Waals surface area contributed by atoms with Gasteiger partial charge >= 0.3 is 0 Å². The van der Waals surface area contributed by atoms with Crippen molar-refractivity contribution < 1.29 is 4.39 Å². The van der Waals surface area contributed by atoms with Gasteiger partial charge in [0.15, 0.2) is 6.30 Å². The van der Waals surface area contributed by atoms with E-state index in [1.54, 1.807) is 0 Å². The van der Waals surface area contributed by atoms with Crippen molar-refractivity contribution in [2.24, 2.45) is 5.92 Å². The minimum absolute atomic E-state index is 0.582. The van der Waals surface area contributed by atoms with Crippen LogP contribution in [-0.4, -0.2) is 24.3 Å². The van der Waals surface area contributed by atoms with Crippen LogP contribution in [0.5, 0.6) is 0 Å². The van der Waals surface area contributed by atoms with Gasteiger partial charge in [-0.2, -0.15) is 0 Å². The molecule has 0 bridgehead atoms. The van der Waals surface area contributed by atoms with Crippen LogP contribution in [0, 0.1) is 5.92 Å². The van der Waals surface area contributed by atoms with Crippen LogP contribution >= 0.6 is 0 Å². The minimum atomic E-state index is -0.668. The van der Waals surface area contributed by atoms with Crippen LogP contribution in [0.2, 0.25) is 0 Å². The maximum absolute atomic E-state index is 13.2. The quantitative estimate of drug-likeness (QED) is 0.559. The van der Waals surface area contributed by atoms with E-state index in [0.29, 0.717) is 5.92 Å². The molecular weight excluding hydrogens is 141 g/mol. The first-order valence-corrected chi connectivity index (χ1v) is 4.62. The third-order valence-corrected chi connectivity index (χ3v) is 2.41. The zero-order valence-corrected chi connectivity index (χ0v) is 7.52. The van der Waals surface area contributed by atoms with E-state index in [4.69, 9.17) is 0 Å². The van der Waals surface area contributed by atoms with Crippen LogP contribution in [0.3, 0.4) is 0 Å². The lowest BCUT2D eigenvalue weighted by Gasteiger charge is -2.33. The van der Waals surface area contributed by atoms with Gasteiger partial charge in [0.1, 0.15) is 0 Å². The predicted molar refractivity (Wildman–Crippen MR) is 45.2 cm³/mol. The van der Waals surface area contributed by atoms with Gasteiger partial charge in [0.25, 0.3) is 0 Å². The summed E-state index contributed by atoms with van der Waals surface area (Å²) in [5, 5.41) is 0. The lowest BCUT2D eigenvalue weighted by molar-refractivity contribution is 0.0257. The van der Waals surface area contributed by atoms with Crippen molar-refractivity contribution in [3.8, 4) is 0 Å². The molecule has 0 aromatic heterocycles. The lowest BCUT2D eigenvalue weighted by atomic mass is 9.98. The summed E-state index contributed by atoms with van der Waals surface area (Å²) in [5.41, 5.74) is 0. The predicted octanol–water partition coefficient (Wildman–Crippen LogP) is 2.42. The number of hydrogen-bond acceptors (Lipinski definition) is 1. The highest BCUT2D eigenvalue weighted by atomic mass is 19.1. The fourth-order valence-corrected chi connectivity index (χ4v) is 1.66. The van der Waals surface area contributed by atoms with Crippen molar-refractivity contribution in [1.29, 1.82) is 0 Å². The molecule has 0 amide bonds. The van der Waals surface area contributed by atoms with Gasteiger partial charge in [-0.3, -0.25) is 4.90 Å². The normalized spacial score (nSPS) is 34.1. The molecule has 2 heteroatoms. The number of alkyl halides is 1. The van der Waals surface area contributed by atoms with Crippen molar-refractivity contribution in [1.82, 2.24) is 4.90 Å². The number of piperidine rings is 1. The van der Waals surface area contributed by atoms with Gasteiger partial charge in [0, 0.05) is 13.1 Å². The van der Waals surface area contributed by atoms with E-state index in [0.717, 1.165) is 25.9 Å². The van der Waals surface area contributed by atoms with Crippen LogP contribution in [0.4, 0.5) is 4.39 Å². The molecule has 2 atom stereocenters. The molecular formula is C9H18FN. The van der Waals surface area contributed by atoms with Gasteiger partial charge in [0.05, 0.1) is 0 Å². The topological polar surface area (TPSA) is 3.24 Å². The second-order valence-electron chi connectivity index (χ2n) is 3.60. The molecule has 66 valence electrons. The number of hydrogen-bond donors (Lipinski definition) is 0. The van der Waals surface area contributed by atoms with Crippen LogP contribution in [0.25, 0.3) is 0 Å². The van der Waals surface area contributed by atoms with Crippen molar-refractivity contribution in [2.75, 3.05) is 13.1 Å². The third-order valence-electron chi connectivity index (χ3n) is 2.41. The maximum atomic E-state index is 13.2. The SMILES string of the molecule is CCCN1CCC(C)CC1F. The Morgan fingerprint density at radius 3 is 2.82 bits per heavy atom. The first kappa shape index (κ1) is 8.98. The standard InChI is InChI=1S/C9H18FN/c1-3-5-11-6-4-8(2)7-9(11)10/h8-9H,3-7H2,1-2H3. The second kappa shape index (κ2) is 4.05. The van der Waals surface area contributed by atoms with Crippen molar-refractivity contribution in [2.45, 2.75) is 39.4 Å². The zero-order chi connectivity index (χ0) is 8.27. The van der Waals surface area contributed by atoms with E-state index in [9.17, 15) is 4.39 Å². The maximum Gasteiger partial charge on any atom is 0.153 e. The summed E-state index contributed by atoms with van der Waals surface area (Å²) < 4.78 is 13.2. The summed E-state index contributed by atoms with van der Waals surface area (Å²) in [6, 6.07) is 0. The molecule has 0 aromatic carbocycles. The Balaban J connectivity index is 2.31. The molecule has 0 spiro atoms. The summed E-state index contributed by atoms with van der Waals surface area (Å²) in [6.45, 7) is 6.12. The Labute approximate surface area is 68.6 Å². The van der Waals surface area contributed by atoms with E-state index < -0.39 is 6.30 Å². The lowest BCUT2D eigenvalue weighted by Crippen LogP contribution is -2.39. The molecule has 1 nitrogen and oxygen atoms in total. The molecule has 0 aromatic rings. The summed E-state index contributed by atoms with van der Waals surface area (Å²) in [5.74, 6) is 0.582. The third kappa shape index (κ3) is 2.44. The van der Waals surface area contributed by atoms with Gasteiger partial charge in [-0.25, -0.2) is 4.39 Å². The van der Waals surface area contributed by atoms with Crippen molar-refractivity contribution in [3.05, 3.63) is 0 Å². The fraction of sp³-hybridized carbons (Fsp3) is 1.00. The molecule has 0 aliphatic carbocycles. The number of nitrogens with zero attached hydrogens (tertiary/aromatic N) is 1. The molecule has 2 unspecified atom stereocenters. The average Bonchev–Trinajstić information content (AvgIpc) is 1.95. The van der Waals surface area contributed by atoms with Crippen molar-refractivity contribution >= 4 is 0 Å². The van der Waals surface area contributed by atoms with E-state index in [2.05, 4.69) is 13.8 Å². The van der Waals surface area contributed by atoms with E-state index >= 15 is 0 Å². The Kier molecular flexibility index (Phi) is 3.31. The molecule has 0 N–H and O–H groups in total. The smallest absolute Gasteiger partial charge is 0.153 e. The van der Waals surface area contributed by atoms with E-state index in [-0.39, 0.29) is 0 Å². The van der Waals surface area contributed by atoms with Crippen molar-refractivity contribution in [3.63, 3.8) is 0 Å². The molecule has 1 aliphatic heterocycles. The highest BCUT2D eigenvalue weighted by molar-refractivity contribution is 4.72. The molecule has 0 radical (unpaired) electrons. The molecule has 1 aliphatic rings. The highest BCUT2D eigenvalue weighted by Gasteiger charge is 2.24. The first-order chi connectivity index (χ1) is 5.24. The Morgan fingerprint density at radius 2 is 2.27 bits per heavy atom. The number of likely N-dealkylation sites (tertiary alicyclic amines) is 1. The summed E-state index contributed by atoms with van der Waals surface area (Å²) in [6.07, 6.45) is 2.30. The van der Waals surface area contributed by atoms with Gasteiger partial charge in [-0.1, -0.05) is 13.8 Å². The molecule has 11 heavy (non-hydrogen) atoms. The fourth-order valence-electron chi connectivity index (χ4n) is 1.66. The Hall–Kier alpha value is -0.110. The molecule has 1 rings (SSSR count). The van der Waals surface area contributed by atoms with Crippen LogP contribution in [-0.2, 0) is 0 Å². The second-order valence-corrected chi connectivity index (χ2v) is 3.60. The summed E-state index contributed by atoms with van der Waals surface area (Å²) >= 11 is 0. The zero-order valence-electron chi connectivity index (χ0n) is 7.52. The van der Waals surface area contributed by atoms with Gasteiger partial charge in [-0.05, 0) is 25.2 Å². The molecule has 1 fully saturated rings. The number of halogens is 1. The van der Waals surface area contributed by atoms with E-state index in [1.165, 1.54) is 6.42 Å². The highest BCUT2D eigenvalue weighted by Crippen LogP contribution is 2.22. The monoisotopic (exact) mass is 159 g/mol. The van der Waals surface area contributed by atoms with Gasteiger partial charge in [-0.15, -0.1) is 0 Å². The van der Waals surface area contributed by atoms with Gasteiger partial charge < -0.3 is 0 Å². The molecule has 1 saturated heterocycles. The Bertz CT molecular complexity index is 116. The van der Waals surface area contributed by atoms with Crippen LogP contribution in [0.15, 0.2) is 0 Å². The molecule has 0 saturated carbocycles. The minimum Gasteiger partial charge on any atom is -0.274 e. The summed E-state index contributed by atoms with van der Waals surface area (Å²) in [4.78, 5) is 1.96. The largest absolute Gasteiger partial charge is 0.274 e. The summed E-state index contributed by atoms with van der Waals surface area (Å²) in [7, 11) is 0. The first-order valence-electron chi connectivity index (χ1n) is 4.62. The van der Waals surface area contributed by atoms with Gasteiger partial charge in [0.2, 0.25) is 0 Å². The van der Waals surface area contributed by atoms with Crippen LogP contribution < -0.4 is 0 Å². The van der Waals surface area contributed by atoms with Crippen LogP contribution in [0.1, 0.15) is 33.1 Å². The Morgan fingerprint density at radius 1 is 1.55 bits per heavy atom.